The van der Waals surface area contributed by atoms with Gasteiger partial charge in [-0.25, -0.2) is 9.59 Å². The van der Waals surface area contributed by atoms with Crippen LogP contribution < -0.4 is 4.74 Å². The van der Waals surface area contributed by atoms with Gasteiger partial charge in [-0.1, -0.05) is 43.5 Å². The molecule has 0 bridgehead atoms. The molecule has 0 aliphatic carbocycles. The molecule has 0 N–H and O–H groups in total. The second-order valence-electron chi connectivity index (χ2n) is 4.98. The average Bonchev–Trinajstić information content (AvgIpc) is 2.66. The number of hydrogen-bond donors (Lipinski definition) is 0. The summed E-state index contributed by atoms with van der Waals surface area (Å²) in [7, 11) is 0. The van der Waals surface area contributed by atoms with E-state index in [0.29, 0.717) is 11.5 Å². The van der Waals surface area contributed by atoms with Crippen molar-refractivity contribution in [2.45, 2.75) is 13.2 Å². The minimum Gasteiger partial charge on any atom is -0.458 e. The Hall–Kier alpha value is -3.34. The van der Waals surface area contributed by atoms with E-state index in [1.54, 1.807) is 30.3 Å². The largest absolute Gasteiger partial charge is 0.458 e. The van der Waals surface area contributed by atoms with Crippen molar-refractivity contribution in [3.63, 3.8) is 0 Å². The van der Waals surface area contributed by atoms with Crippen LogP contribution in [0.1, 0.15) is 11.1 Å². The summed E-state index contributed by atoms with van der Waals surface area (Å²) < 4.78 is 15.8. The fourth-order valence-corrected chi connectivity index (χ4v) is 1.92. The number of esters is 2. The number of rotatable bonds is 8. The van der Waals surface area contributed by atoms with Crippen LogP contribution in [0.4, 0.5) is 0 Å². The van der Waals surface area contributed by atoms with Gasteiger partial charge in [-0.05, 0) is 23.8 Å². The highest BCUT2D eigenvalue weighted by Crippen LogP contribution is 2.26. The molecule has 25 heavy (non-hydrogen) atoms. The summed E-state index contributed by atoms with van der Waals surface area (Å²) in [5.74, 6) is 0.239. The standard InChI is InChI=1S/C20H18O5/c1-3-19(21)23-13-15-9-11-17(12-10-15)25-18-8-6-5-7-16(18)14-24-20(22)4-2/h3-12H,1-2,13-14H2. The molecule has 0 fully saturated rings. The second-order valence-corrected chi connectivity index (χ2v) is 4.98. The van der Waals surface area contributed by atoms with Gasteiger partial charge >= 0.3 is 11.9 Å². The van der Waals surface area contributed by atoms with E-state index in [1.807, 2.05) is 18.2 Å². The van der Waals surface area contributed by atoms with Gasteiger partial charge in [0.15, 0.2) is 0 Å². The summed E-state index contributed by atoms with van der Waals surface area (Å²) >= 11 is 0. The van der Waals surface area contributed by atoms with Crippen molar-refractivity contribution in [3.8, 4) is 11.5 Å². The molecule has 0 saturated carbocycles. The molecule has 0 aliphatic heterocycles. The number of para-hydroxylation sites is 1. The Bertz CT molecular complexity index is 762. The van der Waals surface area contributed by atoms with E-state index in [0.717, 1.165) is 23.3 Å². The summed E-state index contributed by atoms with van der Waals surface area (Å²) in [5, 5.41) is 0. The predicted octanol–water partition coefficient (Wildman–Crippen LogP) is 3.94. The van der Waals surface area contributed by atoms with Crippen molar-refractivity contribution in [2.24, 2.45) is 0 Å². The summed E-state index contributed by atoms with van der Waals surface area (Å²) in [4.78, 5) is 22.3. The molecule has 0 atom stereocenters. The third kappa shape index (κ3) is 5.66. The van der Waals surface area contributed by atoms with Crippen LogP contribution in [0.2, 0.25) is 0 Å². The van der Waals surface area contributed by atoms with Gasteiger partial charge in [0, 0.05) is 17.7 Å². The molecular formula is C20H18O5. The number of ether oxygens (including phenoxy) is 3. The Balaban J connectivity index is 2.02. The maximum atomic E-state index is 11.2. The fourth-order valence-electron chi connectivity index (χ4n) is 1.92. The molecule has 0 aromatic heterocycles. The highest BCUT2D eigenvalue weighted by atomic mass is 16.5. The lowest BCUT2D eigenvalue weighted by molar-refractivity contribution is -0.139. The zero-order valence-electron chi connectivity index (χ0n) is 13.6. The molecule has 128 valence electrons. The van der Waals surface area contributed by atoms with E-state index in [-0.39, 0.29) is 13.2 Å². The Morgan fingerprint density at radius 3 is 2.08 bits per heavy atom. The molecule has 5 heteroatoms. The molecule has 0 heterocycles. The van der Waals surface area contributed by atoms with E-state index in [9.17, 15) is 9.59 Å². The zero-order chi connectivity index (χ0) is 18.1. The Kier molecular flexibility index (Phi) is 6.54. The molecule has 2 aromatic carbocycles. The molecule has 5 nitrogen and oxygen atoms in total. The molecule has 2 rings (SSSR count). The predicted molar refractivity (Wildman–Crippen MR) is 92.9 cm³/mol. The van der Waals surface area contributed by atoms with Crippen LogP contribution in [0.15, 0.2) is 73.8 Å². The molecule has 0 amide bonds. The Morgan fingerprint density at radius 1 is 0.840 bits per heavy atom. The first-order chi connectivity index (χ1) is 12.1. The van der Waals surface area contributed by atoms with Crippen LogP contribution in [0.5, 0.6) is 11.5 Å². The summed E-state index contributed by atoms with van der Waals surface area (Å²) in [6.07, 6.45) is 2.23. The minimum atomic E-state index is -0.492. The molecule has 0 spiro atoms. The first-order valence-corrected chi connectivity index (χ1v) is 7.55. The van der Waals surface area contributed by atoms with Gasteiger partial charge in [-0.2, -0.15) is 0 Å². The lowest BCUT2D eigenvalue weighted by Gasteiger charge is -2.11. The highest BCUT2D eigenvalue weighted by Gasteiger charge is 2.07. The molecule has 0 aliphatic rings. The van der Waals surface area contributed by atoms with Crippen LogP contribution >= 0.6 is 0 Å². The number of carbonyl (C=O) groups is 2. The minimum absolute atomic E-state index is 0.0939. The third-order valence-corrected chi connectivity index (χ3v) is 3.21. The van der Waals surface area contributed by atoms with E-state index in [4.69, 9.17) is 14.2 Å². The number of hydrogen-bond acceptors (Lipinski definition) is 5. The normalized spacial score (nSPS) is 9.76. The fraction of sp³-hybridized carbons (Fsp3) is 0.100. The molecule has 0 unspecified atom stereocenters. The monoisotopic (exact) mass is 338 g/mol. The van der Waals surface area contributed by atoms with E-state index < -0.39 is 11.9 Å². The van der Waals surface area contributed by atoms with Crippen molar-refractivity contribution in [1.82, 2.24) is 0 Å². The van der Waals surface area contributed by atoms with Gasteiger partial charge in [-0.15, -0.1) is 0 Å². The van der Waals surface area contributed by atoms with Gasteiger partial charge in [0.1, 0.15) is 24.7 Å². The lowest BCUT2D eigenvalue weighted by Crippen LogP contribution is -2.02. The maximum absolute atomic E-state index is 11.2. The van der Waals surface area contributed by atoms with Crippen LogP contribution in [0.25, 0.3) is 0 Å². The molecule has 0 radical (unpaired) electrons. The van der Waals surface area contributed by atoms with Gasteiger partial charge in [0.25, 0.3) is 0 Å². The lowest BCUT2D eigenvalue weighted by atomic mass is 10.2. The maximum Gasteiger partial charge on any atom is 0.330 e. The van der Waals surface area contributed by atoms with Crippen molar-refractivity contribution >= 4 is 11.9 Å². The smallest absolute Gasteiger partial charge is 0.330 e. The first-order valence-electron chi connectivity index (χ1n) is 7.55. The van der Waals surface area contributed by atoms with Crippen molar-refractivity contribution in [1.29, 1.82) is 0 Å². The molecule has 0 saturated heterocycles. The summed E-state index contributed by atoms with van der Waals surface area (Å²) in [6, 6.07) is 14.4. The van der Waals surface area contributed by atoms with Gasteiger partial charge in [0.05, 0.1) is 0 Å². The third-order valence-electron chi connectivity index (χ3n) is 3.21. The van der Waals surface area contributed by atoms with Crippen molar-refractivity contribution < 1.29 is 23.8 Å². The van der Waals surface area contributed by atoms with Crippen molar-refractivity contribution in [2.75, 3.05) is 0 Å². The number of benzene rings is 2. The van der Waals surface area contributed by atoms with Crippen LogP contribution in [-0.2, 0) is 32.3 Å². The first kappa shape index (κ1) is 18.0. The van der Waals surface area contributed by atoms with E-state index >= 15 is 0 Å². The number of carbonyl (C=O) groups excluding carboxylic acids is 2. The van der Waals surface area contributed by atoms with E-state index in [2.05, 4.69) is 13.2 Å². The highest BCUT2D eigenvalue weighted by molar-refractivity contribution is 5.81. The quantitative estimate of drug-likeness (QED) is 0.539. The zero-order valence-corrected chi connectivity index (χ0v) is 13.6. The Morgan fingerprint density at radius 2 is 1.44 bits per heavy atom. The van der Waals surface area contributed by atoms with Crippen molar-refractivity contribution in [3.05, 3.63) is 85.0 Å². The topological polar surface area (TPSA) is 61.8 Å². The summed E-state index contributed by atoms with van der Waals surface area (Å²) in [5.41, 5.74) is 1.57. The van der Waals surface area contributed by atoms with Gasteiger partial charge < -0.3 is 14.2 Å². The van der Waals surface area contributed by atoms with Crippen LogP contribution in [-0.4, -0.2) is 11.9 Å². The molecule has 2 aromatic rings. The second kappa shape index (κ2) is 9.08. The van der Waals surface area contributed by atoms with Crippen LogP contribution in [0, 0.1) is 0 Å². The molecular weight excluding hydrogens is 320 g/mol. The Labute approximate surface area is 146 Å². The SMILES string of the molecule is C=CC(=O)OCc1ccc(Oc2ccccc2COC(=O)C=C)cc1. The average molecular weight is 338 g/mol. The van der Waals surface area contributed by atoms with E-state index in [1.165, 1.54) is 0 Å². The van der Waals surface area contributed by atoms with Crippen LogP contribution in [0.3, 0.4) is 0 Å². The van der Waals surface area contributed by atoms with Gasteiger partial charge in [-0.3, -0.25) is 0 Å². The summed E-state index contributed by atoms with van der Waals surface area (Å²) in [6.45, 7) is 6.96. The van der Waals surface area contributed by atoms with Gasteiger partial charge in [0.2, 0.25) is 0 Å².